The summed E-state index contributed by atoms with van der Waals surface area (Å²) in [5, 5.41) is 8.51. The number of hydrogen-bond acceptors (Lipinski definition) is 2. The fourth-order valence-electron chi connectivity index (χ4n) is 0.641. The van der Waals surface area contributed by atoms with Crippen LogP contribution in [-0.4, -0.2) is 37.5 Å². The lowest BCUT2D eigenvalue weighted by Gasteiger charge is -2.02. The molecule has 1 N–H and O–H groups in total. The second-order valence-electron chi connectivity index (χ2n) is 2.91. The SMILES string of the molecule is [B]N(C)C/C=C/C=C\C=C(/C)C(=O)O. The van der Waals surface area contributed by atoms with Crippen molar-refractivity contribution < 1.29 is 9.90 Å². The second-order valence-corrected chi connectivity index (χ2v) is 2.91. The molecule has 0 unspecified atom stereocenters. The first-order valence-corrected chi connectivity index (χ1v) is 4.23. The van der Waals surface area contributed by atoms with E-state index < -0.39 is 5.97 Å². The van der Waals surface area contributed by atoms with E-state index in [-0.39, 0.29) is 0 Å². The summed E-state index contributed by atoms with van der Waals surface area (Å²) < 4.78 is 0. The average Bonchev–Trinajstić information content (AvgIpc) is 2.09. The minimum Gasteiger partial charge on any atom is -0.478 e. The fourth-order valence-corrected chi connectivity index (χ4v) is 0.641. The van der Waals surface area contributed by atoms with E-state index in [0.717, 1.165) is 0 Å². The van der Waals surface area contributed by atoms with E-state index in [1.54, 1.807) is 37.0 Å². The molecule has 0 fully saturated rings. The maximum Gasteiger partial charge on any atom is 0.331 e. The highest BCUT2D eigenvalue weighted by molar-refractivity contribution is 6.04. The number of carboxylic acid groups (broad SMARTS) is 1. The van der Waals surface area contributed by atoms with Gasteiger partial charge in [0.2, 0.25) is 0 Å². The monoisotopic (exact) mass is 191 g/mol. The summed E-state index contributed by atoms with van der Waals surface area (Å²) in [5.41, 5.74) is 0.311. The van der Waals surface area contributed by atoms with Crippen LogP contribution in [0.1, 0.15) is 6.92 Å². The van der Waals surface area contributed by atoms with Gasteiger partial charge in [0, 0.05) is 12.1 Å². The Bertz CT molecular complexity index is 267. The molecule has 0 aliphatic rings. The van der Waals surface area contributed by atoms with Crippen LogP contribution >= 0.6 is 0 Å². The highest BCUT2D eigenvalue weighted by Crippen LogP contribution is 1.92. The zero-order valence-electron chi connectivity index (χ0n) is 8.47. The topological polar surface area (TPSA) is 40.5 Å². The van der Waals surface area contributed by atoms with Gasteiger partial charge in [0.25, 0.3) is 0 Å². The summed E-state index contributed by atoms with van der Waals surface area (Å²) in [6.45, 7) is 2.20. The minimum atomic E-state index is -0.902. The summed E-state index contributed by atoms with van der Waals surface area (Å²) in [4.78, 5) is 11.9. The van der Waals surface area contributed by atoms with Crippen LogP contribution in [0, 0.1) is 0 Å². The lowest BCUT2D eigenvalue weighted by atomic mass is 10.2. The van der Waals surface area contributed by atoms with Gasteiger partial charge in [-0.3, -0.25) is 0 Å². The van der Waals surface area contributed by atoms with Crippen LogP contribution in [0.4, 0.5) is 0 Å². The van der Waals surface area contributed by atoms with Gasteiger partial charge in [-0.15, -0.1) is 0 Å². The standard InChI is InChI=1S/C10H14BNO2/c1-9(10(13)14)7-5-3-4-6-8-12(2)11/h3-7H,8H2,1-2H3,(H,13,14)/b5-3-,6-4+,9-7+. The molecule has 3 nitrogen and oxygen atoms in total. The molecule has 0 heterocycles. The van der Waals surface area contributed by atoms with Crippen molar-refractivity contribution in [3.63, 3.8) is 0 Å². The molecule has 0 saturated carbocycles. The maximum atomic E-state index is 10.4. The van der Waals surface area contributed by atoms with Crippen molar-refractivity contribution in [1.82, 2.24) is 4.81 Å². The molecule has 2 radical (unpaired) electrons. The quantitative estimate of drug-likeness (QED) is 0.402. The van der Waals surface area contributed by atoms with Crippen molar-refractivity contribution in [3.05, 3.63) is 36.0 Å². The summed E-state index contributed by atoms with van der Waals surface area (Å²) in [7, 11) is 7.13. The zero-order valence-corrected chi connectivity index (χ0v) is 8.47. The zero-order chi connectivity index (χ0) is 11.0. The van der Waals surface area contributed by atoms with Crippen LogP contribution in [0.15, 0.2) is 36.0 Å². The fraction of sp³-hybridized carbons (Fsp3) is 0.300. The van der Waals surface area contributed by atoms with E-state index >= 15 is 0 Å². The summed E-state index contributed by atoms with van der Waals surface area (Å²) in [6, 6.07) is 0. The molecule has 0 atom stereocenters. The van der Waals surface area contributed by atoms with Crippen LogP contribution in [0.2, 0.25) is 0 Å². The molecule has 0 aromatic rings. The molecule has 0 spiro atoms. The van der Waals surface area contributed by atoms with Gasteiger partial charge in [0.15, 0.2) is 7.98 Å². The van der Waals surface area contributed by atoms with Crippen LogP contribution in [0.25, 0.3) is 0 Å². The minimum absolute atomic E-state index is 0.311. The number of carboxylic acids is 1. The molecule has 0 aromatic heterocycles. The Morgan fingerprint density at radius 1 is 1.43 bits per heavy atom. The van der Waals surface area contributed by atoms with Crippen LogP contribution in [-0.2, 0) is 4.79 Å². The van der Waals surface area contributed by atoms with Gasteiger partial charge < -0.3 is 9.92 Å². The maximum absolute atomic E-state index is 10.4. The van der Waals surface area contributed by atoms with Crippen molar-refractivity contribution in [2.45, 2.75) is 6.92 Å². The number of carbonyl (C=O) groups is 1. The second kappa shape index (κ2) is 7.15. The largest absolute Gasteiger partial charge is 0.478 e. The molecule has 0 bridgehead atoms. The van der Waals surface area contributed by atoms with Crippen molar-refractivity contribution in [2.24, 2.45) is 0 Å². The van der Waals surface area contributed by atoms with Gasteiger partial charge in [-0.1, -0.05) is 30.4 Å². The van der Waals surface area contributed by atoms with Crippen LogP contribution < -0.4 is 0 Å². The van der Waals surface area contributed by atoms with Gasteiger partial charge in [0.05, 0.1) is 0 Å². The van der Waals surface area contributed by atoms with Crippen LogP contribution in [0.5, 0.6) is 0 Å². The summed E-state index contributed by atoms with van der Waals surface area (Å²) >= 11 is 0. The Labute approximate surface area is 85.8 Å². The molecular formula is C10H14BNO2. The van der Waals surface area contributed by atoms with Gasteiger partial charge in [-0.25, -0.2) is 4.79 Å². The van der Waals surface area contributed by atoms with Gasteiger partial charge >= 0.3 is 5.97 Å². The van der Waals surface area contributed by atoms with Crippen LogP contribution in [0.3, 0.4) is 0 Å². The van der Waals surface area contributed by atoms with E-state index in [9.17, 15) is 4.79 Å². The van der Waals surface area contributed by atoms with E-state index in [1.807, 2.05) is 12.2 Å². The molecule has 14 heavy (non-hydrogen) atoms. The highest BCUT2D eigenvalue weighted by Gasteiger charge is 1.94. The predicted molar refractivity (Wildman–Crippen MR) is 58.1 cm³/mol. The highest BCUT2D eigenvalue weighted by atomic mass is 16.4. The van der Waals surface area contributed by atoms with Crippen molar-refractivity contribution in [3.8, 4) is 0 Å². The number of hydrogen-bond donors (Lipinski definition) is 1. The molecule has 4 heteroatoms. The third kappa shape index (κ3) is 7.37. The van der Waals surface area contributed by atoms with E-state index in [0.29, 0.717) is 12.1 Å². The average molecular weight is 191 g/mol. The van der Waals surface area contributed by atoms with Crippen molar-refractivity contribution in [2.75, 3.05) is 13.6 Å². The molecule has 0 aromatic carbocycles. The molecular weight excluding hydrogens is 177 g/mol. The van der Waals surface area contributed by atoms with Gasteiger partial charge in [0.1, 0.15) is 0 Å². The Morgan fingerprint density at radius 2 is 2.07 bits per heavy atom. The lowest BCUT2D eigenvalue weighted by molar-refractivity contribution is -0.132. The Kier molecular flexibility index (Phi) is 6.49. The first-order valence-electron chi connectivity index (χ1n) is 4.23. The Morgan fingerprint density at radius 3 is 2.57 bits per heavy atom. The number of rotatable bonds is 5. The molecule has 0 aliphatic carbocycles. The molecule has 0 saturated heterocycles. The molecule has 0 rings (SSSR count). The molecule has 0 amide bonds. The Hall–Kier alpha value is -1.29. The number of likely N-dealkylation sites (N-methyl/N-ethyl adjacent to an activating group) is 1. The first-order chi connectivity index (χ1) is 6.54. The summed E-state index contributed by atoms with van der Waals surface area (Å²) in [6.07, 6.45) is 8.67. The number of allylic oxidation sites excluding steroid dienone is 4. The molecule has 0 aliphatic heterocycles. The van der Waals surface area contributed by atoms with Gasteiger partial charge in [-0.05, 0) is 14.0 Å². The predicted octanol–water partition coefficient (Wildman–Crippen LogP) is 1.15. The van der Waals surface area contributed by atoms with Crippen molar-refractivity contribution in [1.29, 1.82) is 0 Å². The number of aliphatic carboxylic acids is 1. The first kappa shape index (κ1) is 12.7. The third-order valence-electron chi connectivity index (χ3n) is 1.44. The van der Waals surface area contributed by atoms with E-state index in [1.165, 1.54) is 0 Å². The van der Waals surface area contributed by atoms with Gasteiger partial charge in [-0.2, -0.15) is 0 Å². The summed E-state index contributed by atoms with van der Waals surface area (Å²) in [5.74, 6) is -0.902. The number of nitrogens with zero attached hydrogens (tertiary/aromatic N) is 1. The normalized spacial score (nSPS) is 13.2. The third-order valence-corrected chi connectivity index (χ3v) is 1.44. The lowest BCUT2D eigenvalue weighted by Crippen LogP contribution is -2.12. The van der Waals surface area contributed by atoms with Crippen molar-refractivity contribution >= 4 is 14.0 Å². The van der Waals surface area contributed by atoms with E-state index in [2.05, 4.69) is 0 Å². The Balaban J connectivity index is 3.90. The van der Waals surface area contributed by atoms with E-state index in [4.69, 9.17) is 13.1 Å². The molecule has 74 valence electrons. The smallest absolute Gasteiger partial charge is 0.331 e.